The molecule has 2 heterocycles. The molecule has 0 radical (unpaired) electrons. The summed E-state index contributed by atoms with van der Waals surface area (Å²) < 4.78 is 11.2. The number of likely N-dealkylation sites (tertiary alicyclic amines) is 1. The van der Waals surface area contributed by atoms with Crippen LogP contribution in [0.15, 0.2) is 24.3 Å². The highest BCUT2D eigenvalue weighted by atomic mass is 16.5. The zero-order valence-corrected chi connectivity index (χ0v) is 15.1. The van der Waals surface area contributed by atoms with Crippen LogP contribution in [0.1, 0.15) is 26.2 Å². The van der Waals surface area contributed by atoms with Crippen molar-refractivity contribution in [2.45, 2.75) is 32.3 Å². The van der Waals surface area contributed by atoms with E-state index < -0.39 is 0 Å². The zero-order chi connectivity index (χ0) is 17.5. The molecular weight excluding hydrogens is 318 g/mol. The number of morpholine rings is 1. The fourth-order valence-electron chi connectivity index (χ4n) is 3.35. The number of amides is 2. The molecule has 1 N–H and O–H groups in total. The van der Waals surface area contributed by atoms with Crippen molar-refractivity contribution in [1.29, 1.82) is 0 Å². The number of hydrogen-bond donors (Lipinski definition) is 1. The summed E-state index contributed by atoms with van der Waals surface area (Å²) in [5, 5.41) is 3.04. The fourth-order valence-corrected chi connectivity index (χ4v) is 3.35. The van der Waals surface area contributed by atoms with E-state index >= 15 is 0 Å². The Morgan fingerprint density at radius 1 is 1.32 bits per heavy atom. The summed E-state index contributed by atoms with van der Waals surface area (Å²) in [6, 6.07) is 8.01. The Morgan fingerprint density at radius 2 is 2.16 bits per heavy atom. The van der Waals surface area contributed by atoms with Crippen LogP contribution in [0.3, 0.4) is 0 Å². The Balaban J connectivity index is 1.57. The first-order valence-electron chi connectivity index (χ1n) is 9.36. The Bertz CT molecular complexity index is 561. The molecule has 0 bridgehead atoms. The number of carbonyl (C=O) groups excluding carboxylic acids is 1. The quantitative estimate of drug-likeness (QED) is 0.890. The second kappa shape index (κ2) is 9.06. The number of rotatable bonds is 5. The molecule has 0 saturated carbocycles. The molecule has 0 unspecified atom stereocenters. The summed E-state index contributed by atoms with van der Waals surface area (Å²) >= 11 is 0. The van der Waals surface area contributed by atoms with E-state index in [2.05, 4.69) is 23.2 Å². The van der Waals surface area contributed by atoms with Gasteiger partial charge in [0.05, 0.1) is 19.3 Å². The first kappa shape index (κ1) is 18.0. The minimum absolute atomic E-state index is 0.0380. The average Bonchev–Trinajstić information content (AvgIpc) is 2.67. The van der Waals surface area contributed by atoms with Crippen molar-refractivity contribution >= 4 is 17.4 Å². The van der Waals surface area contributed by atoms with Crippen LogP contribution < -0.4 is 10.2 Å². The van der Waals surface area contributed by atoms with Gasteiger partial charge in [0, 0.05) is 44.2 Å². The zero-order valence-electron chi connectivity index (χ0n) is 15.1. The smallest absolute Gasteiger partial charge is 0.321 e. The molecule has 2 fully saturated rings. The number of nitrogens with zero attached hydrogens (tertiary/aromatic N) is 2. The van der Waals surface area contributed by atoms with E-state index in [1.807, 2.05) is 23.1 Å². The fraction of sp³-hybridized carbons (Fsp3) is 0.632. The van der Waals surface area contributed by atoms with E-state index in [0.29, 0.717) is 6.54 Å². The van der Waals surface area contributed by atoms with Crippen molar-refractivity contribution < 1.29 is 14.3 Å². The number of anilines is 2. The summed E-state index contributed by atoms with van der Waals surface area (Å²) in [6.07, 6.45) is 3.21. The van der Waals surface area contributed by atoms with E-state index in [-0.39, 0.29) is 12.1 Å². The molecule has 2 saturated heterocycles. The first-order chi connectivity index (χ1) is 12.3. The Hall–Kier alpha value is -1.79. The molecule has 0 aliphatic carbocycles. The third-order valence-electron chi connectivity index (χ3n) is 4.70. The standard InChI is InChI=1S/C19H29N3O3/c1-2-11-25-18-7-4-8-22(15-18)19(23)20-16-5-3-6-17(14-16)21-9-12-24-13-10-21/h3,5-6,14,18H,2,4,7-13,15H2,1H3,(H,20,23)/t18-/m1/s1. The minimum Gasteiger partial charge on any atom is -0.378 e. The molecule has 25 heavy (non-hydrogen) atoms. The lowest BCUT2D eigenvalue weighted by Crippen LogP contribution is -2.45. The molecule has 6 nitrogen and oxygen atoms in total. The van der Waals surface area contributed by atoms with Crippen LogP contribution >= 0.6 is 0 Å². The molecule has 2 aliphatic rings. The number of piperidine rings is 1. The second-order valence-electron chi connectivity index (χ2n) is 6.66. The van der Waals surface area contributed by atoms with Crippen molar-refractivity contribution in [3.8, 4) is 0 Å². The molecule has 6 heteroatoms. The van der Waals surface area contributed by atoms with Crippen molar-refractivity contribution in [3.63, 3.8) is 0 Å². The van der Waals surface area contributed by atoms with Gasteiger partial charge >= 0.3 is 6.03 Å². The monoisotopic (exact) mass is 347 g/mol. The lowest BCUT2D eigenvalue weighted by molar-refractivity contribution is 0.0115. The lowest BCUT2D eigenvalue weighted by Gasteiger charge is -2.33. The maximum Gasteiger partial charge on any atom is 0.321 e. The molecular formula is C19H29N3O3. The van der Waals surface area contributed by atoms with Crippen molar-refractivity contribution in [2.75, 3.05) is 56.2 Å². The van der Waals surface area contributed by atoms with Crippen LogP contribution in [0.25, 0.3) is 0 Å². The molecule has 1 aromatic carbocycles. The Kier molecular flexibility index (Phi) is 6.53. The molecule has 0 aromatic heterocycles. The van der Waals surface area contributed by atoms with Crippen LogP contribution in [0.4, 0.5) is 16.2 Å². The molecule has 0 spiro atoms. The summed E-state index contributed by atoms with van der Waals surface area (Å²) in [5.41, 5.74) is 1.97. The van der Waals surface area contributed by atoms with Gasteiger partial charge in [-0.15, -0.1) is 0 Å². The largest absolute Gasteiger partial charge is 0.378 e. The molecule has 138 valence electrons. The molecule has 2 aliphatic heterocycles. The number of nitrogens with one attached hydrogen (secondary N) is 1. The number of carbonyl (C=O) groups is 1. The van der Waals surface area contributed by atoms with Gasteiger partial charge in [-0.1, -0.05) is 13.0 Å². The third kappa shape index (κ3) is 5.09. The van der Waals surface area contributed by atoms with Gasteiger partial charge in [-0.3, -0.25) is 0 Å². The molecule has 3 rings (SSSR count). The van der Waals surface area contributed by atoms with Gasteiger partial charge < -0.3 is 24.6 Å². The number of benzene rings is 1. The highest BCUT2D eigenvalue weighted by Gasteiger charge is 2.24. The van der Waals surface area contributed by atoms with Crippen LogP contribution in [0.5, 0.6) is 0 Å². The van der Waals surface area contributed by atoms with Crippen molar-refractivity contribution in [3.05, 3.63) is 24.3 Å². The molecule has 1 atom stereocenters. The van der Waals surface area contributed by atoms with Gasteiger partial charge in [-0.2, -0.15) is 0 Å². The van der Waals surface area contributed by atoms with Crippen molar-refractivity contribution in [1.82, 2.24) is 4.90 Å². The van der Waals surface area contributed by atoms with Gasteiger partial charge in [0.25, 0.3) is 0 Å². The number of ether oxygens (including phenoxy) is 2. The predicted octanol–water partition coefficient (Wildman–Crippen LogP) is 2.95. The number of urea groups is 1. The maximum atomic E-state index is 12.6. The predicted molar refractivity (Wildman–Crippen MR) is 99.3 cm³/mol. The normalized spacial score (nSPS) is 21.2. The summed E-state index contributed by atoms with van der Waals surface area (Å²) in [6.45, 7) is 7.62. The lowest BCUT2D eigenvalue weighted by atomic mass is 10.1. The van der Waals surface area contributed by atoms with E-state index in [1.54, 1.807) is 0 Å². The first-order valence-corrected chi connectivity index (χ1v) is 9.36. The maximum absolute atomic E-state index is 12.6. The average molecular weight is 347 g/mol. The summed E-state index contributed by atoms with van der Waals surface area (Å²) in [7, 11) is 0. The highest BCUT2D eigenvalue weighted by Crippen LogP contribution is 2.21. The Morgan fingerprint density at radius 3 is 2.96 bits per heavy atom. The van der Waals surface area contributed by atoms with Crippen molar-refractivity contribution in [2.24, 2.45) is 0 Å². The van der Waals surface area contributed by atoms with Crippen LogP contribution in [0, 0.1) is 0 Å². The summed E-state index contributed by atoms with van der Waals surface area (Å²) in [5.74, 6) is 0. The minimum atomic E-state index is -0.0380. The topological polar surface area (TPSA) is 54.0 Å². The van der Waals surface area contributed by atoms with Crippen LogP contribution in [-0.4, -0.2) is 63.0 Å². The van der Waals surface area contributed by atoms with Gasteiger partial charge in [0.2, 0.25) is 0 Å². The molecule has 2 amide bonds. The highest BCUT2D eigenvalue weighted by molar-refractivity contribution is 5.90. The van der Waals surface area contributed by atoms with Gasteiger partial charge in [-0.25, -0.2) is 4.79 Å². The molecule has 1 aromatic rings. The SMILES string of the molecule is CCCO[C@@H]1CCCN(C(=O)Nc2cccc(N3CCOCC3)c2)C1. The van der Waals surface area contributed by atoms with E-state index in [4.69, 9.17) is 9.47 Å². The summed E-state index contributed by atoms with van der Waals surface area (Å²) in [4.78, 5) is 16.8. The van der Waals surface area contributed by atoms with Gasteiger partial charge in [0.15, 0.2) is 0 Å². The van der Waals surface area contributed by atoms with E-state index in [1.165, 1.54) is 0 Å². The van der Waals surface area contributed by atoms with Crippen LogP contribution in [-0.2, 0) is 9.47 Å². The van der Waals surface area contributed by atoms with Gasteiger partial charge in [-0.05, 0) is 37.5 Å². The third-order valence-corrected chi connectivity index (χ3v) is 4.70. The Labute approximate surface area is 150 Å². The van der Waals surface area contributed by atoms with Crippen LogP contribution in [0.2, 0.25) is 0 Å². The van der Waals surface area contributed by atoms with Gasteiger partial charge in [0.1, 0.15) is 0 Å². The number of hydrogen-bond acceptors (Lipinski definition) is 4. The van der Waals surface area contributed by atoms with E-state index in [9.17, 15) is 4.79 Å². The second-order valence-corrected chi connectivity index (χ2v) is 6.66. The van der Waals surface area contributed by atoms with E-state index in [0.717, 1.165) is 70.1 Å².